The Bertz CT molecular complexity index is 494. The highest BCUT2D eigenvalue weighted by atomic mass is 16.2. The first-order valence-corrected chi connectivity index (χ1v) is 7.54. The van der Waals surface area contributed by atoms with Crippen molar-refractivity contribution in [1.82, 2.24) is 10.6 Å². The normalized spacial score (nSPS) is 15.7. The zero-order valence-electron chi connectivity index (χ0n) is 12.4. The molecule has 0 spiro atoms. The Balaban J connectivity index is 1.96. The van der Waals surface area contributed by atoms with Crippen molar-refractivity contribution in [3.05, 3.63) is 47.2 Å². The molecule has 1 atom stereocenters. The van der Waals surface area contributed by atoms with Crippen molar-refractivity contribution in [2.24, 2.45) is 0 Å². The van der Waals surface area contributed by atoms with E-state index in [1.54, 1.807) is 6.20 Å². The van der Waals surface area contributed by atoms with Crippen LogP contribution in [0.5, 0.6) is 0 Å². The summed E-state index contributed by atoms with van der Waals surface area (Å²) in [5, 5.41) is 5.68. The zero-order valence-corrected chi connectivity index (χ0v) is 12.4. The molecule has 0 fully saturated rings. The lowest BCUT2D eigenvalue weighted by Crippen LogP contribution is -2.34. The minimum absolute atomic E-state index is 0.0252. The molecule has 2 rings (SSSR count). The van der Waals surface area contributed by atoms with Gasteiger partial charge in [-0.25, -0.2) is 4.79 Å². The first kappa shape index (κ1) is 14.6. The Labute approximate surface area is 121 Å². The van der Waals surface area contributed by atoms with Gasteiger partial charge in [0.05, 0.1) is 6.04 Å². The minimum atomic E-state index is -0.153. The molecule has 0 saturated carbocycles. The smallest absolute Gasteiger partial charge is 0.319 e. The topological polar surface area (TPSA) is 41.1 Å². The van der Waals surface area contributed by atoms with Gasteiger partial charge in [-0.1, -0.05) is 31.2 Å². The number of urea groups is 1. The van der Waals surface area contributed by atoms with Crippen molar-refractivity contribution in [3.8, 4) is 0 Å². The van der Waals surface area contributed by atoms with Gasteiger partial charge < -0.3 is 10.6 Å². The first-order chi connectivity index (χ1) is 9.70. The van der Waals surface area contributed by atoms with E-state index in [-0.39, 0.29) is 12.1 Å². The van der Waals surface area contributed by atoms with Gasteiger partial charge in [0, 0.05) is 6.20 Å². The summed E-state index contributed by atoms with van der Waals surface area (Å²) >= 11 is 0. The lowest BCUT2D eigenvalue weighted by Gasteiger charge is -2.20. The van der Waals surface area contributed by atoms with Crippen LogP contribution in [0.3, 0.4) is 0 Å². The van der Waals surface area contributed by atoms with Gasteiger partial charge in [-0.15, -0.1) is 0 Å². The van der Waals surface area contributed by atoms with Gasteiger partial charge in [-0.2, -0.15) is 0 Å². The van der Waals surface area contributed by atoms with Gasteiger partial charge >= 0.3 is 6.03 Å². The highest BCUT2D eigenvalue weighted by Gasteiger charge is 2.13. The standard InChI is InChI=1S/C17H24N2O/c1-3-4-11-18-17(20)19-13(2)15-10-9-14-7-5-6-8-16(14)12-15/h4,9-13H,3,5-8H2,1-2H3,(H2,18,19,20)/b11-4+. The van der Waals surface area contributed by atoms with E-state index in [4.69, 9.17) is 0 Å². The molecule has 2 N–H and O–H groups in total. The van der Waals surface area contributed by atoms with Crippen molar-refractivity contribution in [1.29, 1.82) is 0 Å². The summed E-state index contributed by atoms with van der Waals surface area (Å²) < 4.78 is 0. The number of carbonyl (C=O) groups excluding carboxylic acids is 1. The summed E-state index contributed by atoms with van der Waals surface area (Å²) in [5.41, 5.74) is 4.11. The van der Waals surface area contributed by atoms with Crippen molar-refractivity contribution in [2.45, 2.75) is 52.0 Å². The molecule has 1 aromatic rings. The van der Waals surface area contributed by atoms with E-state index in [0.717, 1.165) is 6.42 Å². The molecule has 3 nitrogen and oxygen atoms in total. The van der Waals surface area contributed by atoms with Crippen molar-refractivity contribution in [3.63, 3.8) is 0 Å². The van der Waals surface area contributed by atoms with E-state index >= 15 is 0 Å². The average molecular weight is 272 g/mol. The number of benzene rings is 1. The average Bonchev–Trinajstić information content (AvgIpc) is 2.47. The molecular formula is C17H24N2O. The number of hydrogen-bond acceptors (Lipinski definition) is 1. The molecule has 108 valence electrons. The minimum Gasteiger partial charge on any atom is -0.331 e. The fourth-order valence-corrected chi connectivity index (χ4v) is 2.60. The largest absolute Gasteiger partial charge is 0.331 e. The maximum absolute atomic E-state index is 11.7. The maximum atomic E-state index is 11.7. The summed E-state index contributed by atoms with van der Waals surface area (Å²) in [6.07, 6.45) is 9.46. The Kier molecular flexibility index (Phi) is 5.22. The van der Waals surface area contributed by atoms with Crippen LogP contribution in [0.4, 0.5) is 4.79 Å². The number of carbonyl (C=O) groups is 1. The van der Waals surface area contributed by atoms with E-state index in [0.29, 0.717) is 0 Å². The van der Waals surface area contributed by atoms with Crippen LogP contribution >= 0.6 is 0 Å². The summed E-state index contributed by atoms with van der Waals surface area (Å²) in [4.78, 5) is 11.7. The van der Waals surface area contributed by atoms with Gasteiger partial charge in [0.15, 0.2) is 0 Å². The number of rotatable bonds is 4. The Morgan fingerprint density at radius 1 is 1.30 bits per heavy atom. The first-order valence-electron chi connectivity index (χ1n) is 7.54. The van der Waals surface area contributed by atoms with Gasteiger partial charge in [0.2, 0.25) is 0 Å². The van der Waals surface area contributed by atoms with Crippen LogP contribution in [-0.2, 0) is 12.8 Å². The second kappa shape index (κ2) is 7.13. The fourth-order valence-electron chi connectivity index (χ4n) is 2.60. The third-order valence-electron chi connectivity index (χ3n) is 3.79. The highest BCUT2D eigenvalue weighted by molar-refractivity contribution is 5.75. The molecule has 1 aliphatic rings. The number of hydrogen-bond donors (Lipinski definition) is 2. The molecule has 0 radical (unpaired) electrons. The van der Waals surface area contributed by atoms with E-state index in [1.807, 2.05) is 19.9 Å². The fraction of sp³-hybridized carbons (Fsp3) is 0.471. The quantitative estimate of drug-likeness (QED) is 0.859. The Morgan fingerprint density at radius 3 is 2.80 bits per heavy atom. The van der Waals surface area contributed by atoms with Crippen LogP contribution in [0.15, 0.2) is 30.5 Å². The van der Waals surface area contributed by atoms with Gasteiger partial charge in [-0.3, -0.25) is 0 Å². The second-order valence-electron chi connectivity index (χ2n) is 5.39. The van der Waals surface area contributed by atoms with Gasteiger partial charge in [0.25, 0.3) is 0 Å². The van der Waals surface area contributed by atoms with Crippen LogP contribution in [-0.4, -0.2) is 6.03 Å². The van der Waals surface area contributed by atoms with Crippen LogP contribution in [0, 0.1) is 0 Å². The lowest BCUT2D eigenvalue weighted by molar-refractivity contribution is 0.241. The number of fused-ring (bicyclic) bond motifs is 1. The predicted octanol–water partition coefficient (Wildman–Crippen LogP) is 3.85. The predicted molar refractivity (Wildman–Crippen MR) is 82.6 cm³/mol. The van der Waals surface area contributed by atoms with Crippen LogP contribution in [0.25, 0.3) is 0 Å². The molecule has 0 aromatic heterocycles. The molecule has 3 heteroatoms. The lowest BCUT2D eigenvalue weighted by atomic mass is 9.89. The van der Waals surface area contributed by atoms with E-state index in [1.165, 1.54) is 42.4 Å². The van der Waals surface area contributed by atoms with E-state index < -0.39 is 0 Å². The van der Waals surface area contributed by atoms with Crippen LogP contribution < -0.4 is 10.6 Å². The van der Waals surface area contributed by atoms with E-state index in [9.17, 15) is 4.79 Å². The molecular weight excluding hydrogens is 248 g/mol. The monoisotopic (exact) mass is 272 g/mol. The molecule has 0 bridgehead atoms. The highest BCUT2D eigenvalue weighted by Crippen LogP contribution is 2.24. The van der Waals surface area contributed by atoms with Gasteiger partial charge in [-0.05, 0) is 55.7 Å². The van der Waals surface area contributed by atoms with E-state index in [2.05, 4.69) is 28.8 Å². The maximum Gasteiger partial charge on any atom is 0.319 e. The summed E-state index contributed by atoms with van der Waals surface area (Å²) in [5.74, 6) is 0. The molecule has 0 heterocycles. The van der Waals surface area contributed by atoms with Crippen molar-refractivity contribution >= 4 is 6.03 Å². The zero-order chi connectivity index (χ0) is 14.4. The Morgan fingerprint density at radius 2 is 2.05 bits per heavy atom. The summed E-state index contributed by atoms with van der Waals surface area (Å²) in [7, 11) is 0. The molecule has 0 saturated heterocycles. The molecule has 1 aliphatic carbocycles. The number of allylic oxidation sites excluding steroid dienone is 1. The third-order valence-corrected chi connectivity index (χ3v) is 3.79. The summed E-state index contributed by atoms with van der Waals surface area (Å²) in [6.45, 7) is 4.06. The SMILES string of the molecule is CC/C=C/NC(=O)NC(C)c1ccc2c(c1)CCCC2. The third kappa shape index (κ3) is 3.86. The van der Waals surface area contributed by atoms with Gasteiger partial charge in [0.1, 0.15) is 0 Å². The Hall–Kier alpha value is -1.77. The van der Waals surface area contributed by atoms with Crippen molar-refractivity contribution < 1.29 is 4.79 Å². The molecule has 2 amide bonds. The second-order valence-corrected chi connectivity index (χ2v) is 5.39. The molecule has 1 aromatic carbocycles. The molecule has 20 heavy (non-hydrogen) atoms. The molecule has 0 aliphatic heterocycles. The summed E-state index contributed by atoms with van der Waals surface area (Å²) in [6, 6.07) is 6.48. The number of aryl methyl sites for hydroxylation is 2. The molecule has 1 unspecified atom stereocenters. The number of nitrogens with one attached hydrogen (secondary N) is 2. The number of amides is 2. The van der Waals surface area contributed by atoms with Crippen LogP contribution in [0.2, 0.25) is 0 Å². The van der Waals surface area contributed by atoms with Crippen LogP contribution in [0.1, 0.15) is 55.8 Å². The van der Waals surface area contributed by atoms with Crippen molar-refractivity contribution in [2.75, 3.05) is 0 Å².